The van der Waals surface area contributed by atoms with Gasteiger partial charge in [-0.25, -0.2) is 0 Å². The minimum Gasteiger partial charge on any atom is -0.382 e. The average Bonchev–Trinajstić information content (AvgIpc) is 3.37. The number of H-pyrrole nitrogens is 1. The lowest BCUT2D eigenvalue weighted by Gasteiger charge is -2.39. The van der Waals surface area contributed by atoms with E-state index in [1.165, 1.54) is 0 Å². The Morgan fingerprint density at radius 1 is 1.29 bits per heavy atom. The lowest BCUT2D eigenvalue weighted by molar-refractivity contribution is 0.0502. The topological polar surface area (TPSA) is 102 Å². The summed E-state index contributed by atoms with van der Waals surface area (Å²) >= 11 is 6.60. The van der Waals surface area contributed by atoms with Gasteiger partial charge in [-0.3, -0.25) is 14.3 Å². The van der Waals surface area contributed by atoms with Gasteiger partial charge in [0.2, 0.25) is 0 Å². The molecule has 3 N–H and O–H groups in total. The first kappa shape index (κ1) is 22.0. The van der Waals surface area contributed by atoms with Crippen LogP contribution in [0.2, 0.25) is 5.02 Å². The van der Waals surface area contributed by atoms with E-state index in [-0.39, 0.29) is 17.5 Å². The van der Waals surface area contributed by atoms with Crippen molar-refractivity contribution in [3.05, 3.63) is 81.5 Å². The van der Waals surface area contributed by atoms with Crippen molar-refractivity contribution in [2.45, 2.75) is 26.4 Å². The minimum absolute atomic E-state index is 0.0749. The Morgan fingerprint density at radius 2 is 2.09 bits per heavy atom. The van der Waals surface area contributed by atoms with Crippen LogP contribution < -0.4 is 11.3 Å². The molecular formula is C25H25ClN6O2. The first-order chi connectivity index (χ1) is 16.4. The molecule has 3 aromatic heterocycles. The SMILES string of the molecule is CC=CCn1cc(-c2ccc(C(=O)N3CC(n4ccc(N)n4)C3)c(Cl)c2)c2cc(C)[nH]c2c1=O. The van der Waals surface area contributed by atoms with Crippen molar-refractivity contribution in [1.82, 2.24) is 24.2 Å². The summed E-state index contributed by atoms with van der Waals surface area (Å²) in [5, 5.41) is 5.43. The van der Waals surface area contributed by atoms with Crippen molar-refractivity contribution in [3.63, 3.8) is 0 Å². The van der Waals surface area contributed by atoms with Crippen LogP contribution in [0.15, 0.2) is 59.7 Å². The Hall–Kier alpha value is -3.78. The zero-order valence-electron chi connectivity index (χ0n) is 19.0. The maximum Gasteiger partial charge on any atom is 0.275 e. The van der Waals surface area contributed by atoms with E-state index in [4.69, 9.17) is 17.3 Å². The lowest BCUT2D eigenvalue weighted by atomic mass is 10.0. The summed E-state index contributed by atoms with van der Waals surface area (Å²) < 4.78 is 3.46. The van der Waals surface area contributed by atoms with Crippen LogP contribution in [-0.2, 0) is 6.54 Å². The Bertz CT molecular complexity index is 1490. The number of fused-ring (bicyclic) bond motifs is 1. The molecule has 4 heterocycles. The molecule has 0 unspecified atom stereocenters. The van der Waals surface area contributed by atoms with E-state index in [2.05, 4.69) is 10.1 Å². The number of anilines is 1. The number of pyridine rings is 1. The van der Waals surface area contributed by atoms with Gasteiger partial charge in [-0.15, -0.1) is 0 Å². The second kappa shape index (κ2) is 8.53. The number of hydrogen-bond donors (Lipinski definition) is 2. The van der Waals surface area contributed by atoms with Gasteiger partial charge in [-0.1, -0.05) is 29.8 Å². The summed E-state index contributed by atoms with van der Waals surface area (Å²) in [6.07, 6.45) is 7.51. The minimum atomic E-state index is -0.117. The summed E-state index contributed by atoms with van der Waals surface area (Å²) in [5.74, 6) is 0.348. The molecule has 1 aliphatic rings. The Balaban J connectivity index is 1.44. The number of allylic oxidation sites excluding steroid dienone is 2. The number of carbonyl (C=O) groups excluding carboxylic acids is 1. The molecule has 1 fully saturated rings. The first-order valence-electron chi connectivity index (χ1n) is 11.1. The number of benzene rings is 1. The highest BCUT2D eigenvalue weighted by Crippen LogP contribution is 2.32. The molecular weight excluding hydrogens is 452 g/mol. The fourth-order valence-corrected chi connectivity index (χ4v) is 4.61. The number of nitrogens with one attached hydrogen (secondary N) is 1. The maximum absolute atomic E-state index is 13.0. The molecule has 0 bridgehead atoms. The van der Waals surface area contributed by atoms with Crippen LogP contribution in [0.1, 0.15) is 29.0 Å². The zero-order chi connectivity index (χ0) is 24.0. The Labute approximate surface area is 201 Å². The number of likely N-dealkylation sites (tertiary alicyclic amines) is 1. The van der Waals surface area contributed by atoms with Crippen LogP contribution in [-0.4, -0.2) is 43.2 Å². The number of halogens is 1. The molecule has 174 valence electrons. The van der Waals surface area contributed by atoms with Crippen LogP contribution in [0, 0.1) is 6.92 Å². The summed E-state index contributed by atoms with van der Waals surface area (Å²) in [7, 11) is 0. The van der Waals surface area contributed by atoms with E-state index in [0.29, 0.717) is 41.6 Å². The predicted molar refractivity (Wildman–Crippen MR) is 134 cm³/mol. The fraction of sp³-hybridized carbons (Fsp3) is 0.240. The molecule has 8 nitrogen and oxygen atoms in total. The average molecular weight is 477 g/mol. The standard InChI is InChI=1S/C25H25ClN6O2/c1-3-4-8-30-14-20(19-10-15(2)28-23(19)25(30)34)16-5-6-18(21(26)11-16)24(33)31-12-17(13-31)32-9-7-22(27)29-32/h3-7,9-11,14,17,28H,8,12-13H2,1-2H3,(H2,27,29). The van der Waals surface area contributed by atoms with Crippen LogP contribution in [0.25, 0.3) is 22.0 Å². The molecule has 1 saturated heterocycles. The summed E-state index contributed by atoms with van der Waals surface area (Å²) in [4.78, 5) is 30.9. The number of amides is 1. The predicted octanol–water partition coefficient (Wildman–Crippen LogP) is 4.01. The smallest absolute Gasteiger partial charge is 0.275 e. The number of nitrogens with two attached hydrogens (primary N) is 1. The lowest BCUT2D eigenvalue weighted by Crippen LogP contribution is -2.50. The van der Waals surface area contributed by atoms with Crippen molar-refractivity contribution in [1.29, 1.82) is 0 Å². The second-order valence-corrected chi connectivity index (χ2v) is 9.00. The number of nitrogens with zero attached hydrogens (tertiary/aromatic N) is 4. The number of hydrogen-bond acceptors (Lipinski definition) is 4. The quantitative estimate of drug-likeness (QED) is 0.425. The highest BCUT2D eigenvalue weighted by Gasteiger charge is 2.33. The number of aryl methyl sites for hydroxylation is 1. The summed E-state index contributed by atoms with van der Waals surface area (Å²) in [6, 6.07) is 9.24. The molecule has 34 heavy (non-hydrogen) atoms. The summed E-state index contributed by atoms with van der Waals surface area (Å²) in [6.45, 7) is 5.42. The Morgan fingerprint density at radius 3 is 2.76 bits per heavy atom. The van der Waals surface area contributed by atoms with Crippen LogP contribution >= 0.6 is 11.6 Å². The molecule has 5 rings (SSSR count). The van der Waals surface area contributed by atoms with Crippen LogP contribution in [0.3, 0.4) is 0 Å². The van der Waals surface area contributed by atoms with E-state index in [0.717, 1.165) is 22.2 Å². The largest absolute Gasteiger partial charge is 0.382 e. The third-order valence-electron chi connectivity index (χ3n) is 6.20. The van der Waals surface area contributed by atoms with Crippen molar-refractivity contribution < 1.29 is 4.79 Å². The first-order valence-corrected chi connectivity index (χ1v) is 11.5. The van der Waals surface area contributed by atoms with Gasteiger partial charge in [0.1, 0.15) is 11.3 Å². The van der Waals surface area contributed by atoms with Crippen LogP contribution in [0.4, 0.5) is 5.82 Å². The van der Waals surface area contributed by atoms with Crippen molar-refractivity contribution in [3.8, 4) is 11.1 Å². The zero-order valence-corrected chi connectivity index (χ0v) is 19.7. The van der Waals surface area contributed by atoms with E-state index in [1.807, 2.05) is 50.5 Å². The number of rotatable bonds is 5. The molecule has 9 heteroatoms. The third kappa shape index (κ3) is 3.80. The van der Waals surface area contributed by atoms with Gasteiger partial charge in [-0.05, 0) is 43.7 Å². The molecule has 1 amide bonds. The Kier molecular flexibility index (Phi) is 5.53. The number of aromatic amines is 1. The number of carbonyl (C=O) groups is 1. The van der Waals surface area contributed by atoms with Gasteiger partial charge >= 0.3 is 0 Å². The number of aromatic nitrogens is 4. The van der Waals surface area contributed by atoms with Gasteiger partial charge in [-0.2, -0.15) is 5.10 Å². The highest BCUT2D eigenvalue weighted by molar-refractivity contribution is 6.34. The molecule has 0 spiro atoms. The maximum atomic E-state index is 13.0. The molecule has 0 aliphatic carbocycles. The van der Waals surface area contributed by atoms with Gasteiger partial charge in [0.25, 0.3) is 11.5 Å². The van der Waals surface area contributed by atoms with Crippen molar-refractivity contribution in [2.75, 3.05) is 18.8 Å². The number of nitrogen functional groups attached to an aromatic ring is 1. The molecule has 0 radical (unpaired) electrons. The van der Waals surface area contributed by atoms with E-state index < -0.39 is 0 Å². The van der Waals surface area contributed by atoms with Gasteiger partial charge in [0.15, 0.2) is 0 Å². The molecule has 1 aliphatic heterocycles. The third-order valence-corrected chi connectivity index (χ3v) is 6.52. The second-order valence-electron chi connectivity index (χ2n) is 8.59. The van der Waals surface area contributed by atoms with Gasteiger partial charge < -0.3 is 20.2 Å². The highest BCUT2D eigenvalue weighted by atomic mass is 35.5. The summed E-state index contributed by atoms with van der Waals surface area (Å²) in [5.41, 5.74) is 9.24. The molecule has 0 atom stereocenters. The molecule has 4 aromatic rings. The molecule has 1 aromatic carbocycles. The van der Waals surface area contributed by atoms with E-state index in [9.17, 15) is 9.59 Å². The van der Waals surface area contributed by atoms with Crippen LogP contribution in [0.5, 0.6) is 0 Å². The van der Waals surface area contributed by atoms with Gasteiger partial charge in [0, 0.05) is 48.7 Å². The van der Waals surface area contributed by atoms with Gasteiger partial charge in [0.05, 0.1) is 16.6 Å². The fourth-order valence-electron chi connectivity index (χ4n) is 4.35. The monoisotopic (exact) mass is 476 g/mol. The van der Waals surface area contributed by atoms with Crippen molar-refractivity contribution in [2.24, 2.45) is 0 Å². The van der Waals surface area contributed by atoms with E-state index in [1.54, 1.807) is 32.3 Å². The van der Waals surface area contributed by atoms with Crippen molar-refractivity contribution >= 4 is 34.2 Å². The normalized spacial score (nSPS) is 14.3. The molecule has 0 saturated carbocycles. The van der Waals surface area contributed by atoms with E-state index >= 15 is 0 Å².